The van der Waals surface area contributed by atoms with Gasteiger partial charge in [-0.2, -0.15) is 0 Å². The Hall–Kier alpha value is -1.65. The summed E-state index contributed by atoms with van der Waals surface area (Å²) in [5, 5.41) is 3.53. The number of benzene rings is 1. The van der Waals surface area contributed by atoms with Gasteiger partial charge in [-0.15, -0.1) is 0 Å². The van der Waals surface area contributed by atoms with Crippen LogP contribution in [0, 0.1) is 0 Å². The van der Waals surface area contributed by atoms with Gasteiger partial charge in [0, 0.05) is 25.3 Å². The molecule has 1 unspecified atom stereocenters. The highest BCUT2D eigenvalue weighted by atomic mass is 15.1. The van der Waals surface area contributed by atoms with Gasteiger partial charge in [-0.25, -0.2) is 4.98 Å². The first-order valence-electron chi connectivity index (χ1n) is 6.87. The molecule has 0 saturated heterocycles. The third-order valence-corrected chi connectivity index (χ3v) is 3.62. The molecule has 19 heavy (non-hydrogen) atoms. The summed E-state index contributed by atoms with van der Waals surface area (Å²) in [6, 6.07) is 11.2. The van der Waals surface area contributed by atoms with Gasteiger partial charge in [0.2, 0.25) is 0 Å². The van der Waals surface area contributed by atoms with E-state index in [1.54, 1.807) is 0 Å². The molecular weight excluding hydrogens is 236 g/mol. The molecule has 1 aromatic carbocycles. The zero-order valence-electron chi connectivity index (χ0n) is 11.0. The fourth-order valence-corrected chi connectivity index (χ4v) is 2.39. The second-order valence-electron chi connectivity index (χ2n) is 5.11. The van der Waals surface area contributed by atoms with Crippen LogP contribution in [0.2, 0.25) is 0 Å². The first-order valence-corrected chi connectivity index (χ1v) is 6.87. The first-order chi connectivity index (χ1) is 9.38. The van der Waals surface area contributed by atoms with Gasteiger partial charge in [-0.3, -0.25) is 0 Å². The minimum atomic E-state index is 0.170. The van der Waals surface area contributed by atoms with Crippen molar-refractivity contribution in [3.05, 3.63) is 54.1 Å². The van der Waals surface area contributed by atoms with E-state index in [-0.39, 0.29) is 6.04 Å². The second-order valence-corrected chi connectivity index (χ2v) is 5.11. The second kappa shape index (κ2) is 5.55. The minimum Gasteiger partial charge on any atom is -0.330 e. The summed E-state index contributed by atoms with van der Waals surface area (Å²) in [7, 11) is 0. The highest BCUT2D eigenvalue weighted by Crippen LogP contribution is 2.36. The maximum absolute atomic E-state index is 5.91. The van der Waals surface area contributed by atoms with Crippen LogP contribution >= 0.6 is 0 Å². The molecular formula is C15H20N4. The Morgan fingerprint density at radius 1 is 1.32 bits per heavy atom. The largest absolute Gasteiger partial charge is 0.330 e. The van der Waals surface area contributed by atoms with Crippen molar-refractivity contribution in [2.24, 2.45) is 5.73 Å². The quantitative estimate of drug-likeness (QED) is 0.831. The third kappa shape index (κ3) is 2.85. The van der Waals surface area contributed by atoms with Gasteiger partial charge in [-0.1, -0.05) is 30.3 Å². The average Bonchev–Trinajstić information content (AvgIpc) is 3.19. The lowest BCUT2D eigenvalue weighted by atomic mass is 10.1. The van der Waals surface area contributed by atoms with E-state index in [0.29, 0.717) is 12.6 Å². The van der Waals surface area contributed by atoms with Crippen LogP contribution < -0.4 is 11.1 Å². The molecule has 3 rings (SSSR count). The molecule has 4 nitrogen and oxygen atoms in total. The maximum atomic E-state index is 5.91. The molecule has 1 fully saturated rings. The molecule has 4 heteroatoms. The number of hydrogen-bond acceptors (Lipinski definition) is 3. The van der Waals surface area contributed by atoms with Gasteiger partial charge in [-0.05, 0) is 18.4 Å². The Bertz CT molecular complexity index is 516. The molecule has 0 aliphatic heterocycles. The predicted molar refractivity (Wildman–Crippen MR) is 75.6 cm³/mol. The van der Waals surface area contributed by atoms with Crippen molar-refractivity contribution < 1.29 is 0 Å². The average molecular weight is 256 g/mol. The summed E-state index contributed by atoms with van der Waals surface area (Å²) in [6.07, 6.45) is 6.40. The van der Waals surface area contributed by atoms with E-state index in [1.165, 1.54) is 24.1 Å². The molecule has 100 valence electrons. The Morgan fingerprint density at radius 2 is 2.11 bits per heavy atom. The van der Waals surface area contributed by atoms with E-state index in [9.17, 15) is 0 Å². The van der Waals surface area contributed by atoms with Crippen LogP contribution in [0.15, 0.2) is 42.9 Å². The Balaban J connectivity index is 1.68. The Kier molecular flexibility index (Phi) is 3.62. The van der Waals surface area contributed by atoms with Gasteiger partial charge in [0.05, 0.1) is 18.1 Å². The number of aromatic nitrogens is 2. The van der Waals surface area contributed by atoms with E-state index < -0.39 is 0 Å². The lowest BCUT2D eigenvalue weighted by Gasteiger charge is -2.18. The van der Waals surface area contributed by atoms with E-state index >= 15 is 0 Å². The van der Waals surface area contributed by atoms with Gasteiger partial charge in [0.25, 0.3) is 0 Å². The zero-order valence-corrected chi connectivity index (χ0v) is 11.0. The Labute approximate surface area is 113 Å². The Morgan fingerprint density at radius 3 is 2.79 bits per heavy atom. The molecule has 1 aromatic heterocycles. The summed E-state index contributed by atoms with van der Waals surface area (Å²) in [4.78, 5) is 4.27. The molecule has 0 spiro atoms. The normalized spacial score (nSPS) is 16.5. The number of imidazole rings is 1. The van der Waals surface area contributed by atoms with Crippen LogP contribution in [0.5, 0.6) is 0 Å². The van der Waals surface area contributed by atoms with Gasteiger partial charge in [0.15, 0.2) is 0 Å². The molecule has 0 radical (unpaired) electrons. The molecule has 2 aromatic rings. The highest BCUT2D eigenvalue weighted by molar-refractivity contribution is 5.16. The van der Waals surface area contributed by atoms with Crippen LogP contribution in [0.4, 0.5) is 0 Å². The monoisotopic (exact) mass is 256 g/mol. The minimum absolute atomic E-state index is 0.170. The van der Waals surface area contributed by atoms with Crippen LogP contribution in [0.1, 0.15) is 36.2 Å². The molecule has 1 heterocycles. The van der Waals surface area contributed by atoms with Gasteiger partial charge >= 0.3 is 0 Å². The third-order valence-electron chi connectivity index (χ3n) is 3.62. The van der Waals surface area contributed by atoms with Crippen LogP contribution in [-0.2, 0) is 6.54 Å². The lowest BCUT2D eigenvalue weighted by Crippen LogP contribution is -2.29. The van der Waals surface area contributed by atoms with Crippen molar-refractivity contribution in [3.63, 3.8) is 0 Å². The number of nitrogens with one attached hydrogen (secondary N) is 1. The van der Waals surface area contributed by atoms with Crippen molar-refractivity contribution in [2.75, 3.05) is 6.54 Å². The topological polar surface area (TPSA) is 55.9 Å². The predicted octanol–water partition coefficient (Wildman–Crippen LogP) is 2.01. The van der Waals surface area contributed by atoms with Crippen molar-refractivity contribution in [2.45, 2.75) is 31.5 Å². The van der Waals surface area contributed by atoms with Crippen LogP contribution in [0.3, 0.4) is 0 Å². The summed E-state index contributed by atoms with van der Waals surface area (Å²) >= 11 is 0. The summed E-state index contributed by atoms with van der Waals surface area (Å²) in [5.41, 5.74) is 8.40. The molecule has 0 amide bonds. The number of hydrogen-bond donors (Lipinski definition) is 2. The highest BCUT2D eigenvalue weighted by Gasteiger charge is 2.27. The fourth-order valence-electron chi connectivity index (χ4n) is 2.39. The summed E-state index contributed by atoms with van der Waals surface area (Å²) < 4.78 is 2.27. The van der Waals surface area contributed by atoms with E-state index in [4.69, 9.17) is 5.73 Å². The van der Waals surface area contributed by atoms with Gasteiger partial charge < -0.3 is 15.6 Å². The maximum Gasteiger partial charge on any atom is 0.0951 e. The molecule has 3 N–H and O–H groups in total. The van der Waals surface area contributed by atoms with Crippen molar-refractivity contribution in [1.82, 2.24) is 14.9 Å². The van der Waals surface area contributed by atoms with Gasteiger partial charge in [0.1, 0.15) is 0 Å². The summed E-state index contributed by atoms with van der Waals surface area (Å²) in [5.74, 6) is 0. The van der Waals surface area contributed by atoms with Crippen LogP contribution in [0.25, 0.3) is 0 Å². The molecule has 0 bridgehead atoms. The van der Waals surface area contributed by atoms with E-state index in [2.05, 4.69) is 39.1 Å². The number of rotatable bonds is 6. The lowest BCUT2D eigenvalue weighted by molar-refractivity contribution is 0.502. The molecule has 1 saturated carbocycles. The number of nitrogens with zero attached hydrogens (tertiary/aromatic N) is 2. The molecule has 1 aliphatic carbocycles. The van der Waals surface area contributed by atoms with E-state index in [0.717, 1.165) is 6.54 Å². The SMILES string of the molecule is NCC(NCc1ccccc1)c1cncn1C1CC1. The molecule has 1 aliphatic rings. The van der Waals surface area contributed by atoms with Crippen molar-refractivity contribution in [1.29, 1.82) is 0 Å². The van der Waals surface area contributed by atoms with Crippen molar-refractivity contribution >= 4 is 0 Å². The fraction of sp³-hybridized carbons (Fsp3) is 0.400. The first kappa shape index (κ1) is 12.4. The van der Waals surface area contributed by atoms with Crippen molar-refractivity contribution in [3.8, 4) is 0 Å². The number of nitrogens with two attached hydrogens (primary N) is 1. The standard InChI is InChI=1S/C15H20N4/c16-8-14(18-9-12-4-2-1-3-5-12)15-10-17-11-19(15)13-6-7-13/h1-5,10-11,13-14,18H,6-9,16H2. The smallest absolute Gasteiger partial charge is 0.0951 e. The van der Waals surface area contributed by atoms with Crippen LogP contribution in [-0.4, -0.2) is 16.1 Å². The molecule has 1 atom stereocenters. The van der Waals surface area contributed by atoms with E-state index in [1.807, 2.05) is 18.6 Å². The zero-order chi connectivity index (χ0) is 13.1. The summed E-state index contributed by atoms with van der Waals surface area (Å²) in [6.45, 7) is 1.42.